The van der Waals surface area contributed by atoms with Crippen molar-refractivity contribution in [1.29, 1.82) is 0 Å². The molecule has 0 radical (unpaired) electrons. The molecular formula is C18H21NO2S. The van der Waals surface area contributed by atoms with Gasteiger partial charge in [-0.05, 0) is 36.6 Å². The molecule has 3 nitrogen and oxygen atoms in total. The molecule has 0 aliphatic carbocycles. The van der Waals surface area contributed by atoms with Crippen LogP contribution in [0.3, 0.4) is 0 Å². The molecule has 116 valence electrons. The van der Waals surface area contributed by atoms with Gasteiger partial charge in [-0.25, -0.2) is 0 Å². The molecule has 1 aromatic carbocycles. The van der Waals surface area contributed by atoms with Crippen molar-refractivity contribution < 1.29 is 9.21 Å². The number of aryl methyl sites for hydroxylation is 1. The van der Waals surface area contributed by atoms with Crippen LogP contribution in [0.5, 0.6) is 0 Å². The smallest absolute Gasteiger partial charge is 0.223 e. The molecule has 1 atom stereocenters. The number of carbonyl (C=O) groups excluding carboxylic acids is 1. The SMILES string of the molecule is O=C(CCc1ccco1)N1CCC(CSc2ccccc2)C1. The van der Waals surface area contributed by atoms with Crippen LogP contribution in [0.4, 0.5) is 0 Å². The Labute approximate surface area is 135 Å². The molecular weight excluding hydrogens is 294 g/mol. The predicted molar refractivity (Wildman–Crippen MR) is 88.9 cm³/mol. The Morgan fingerprint density at radius 3 is 2.86 bits per heavy atom. The highest BCUT2D eigenvalue weighted by Gasteiger charge is 2.25. The van der Waals surface area contributed by atoms with Gasteiger partial charge >= 0.3 is 0 Å². The van der Waals surface area contributed by atoms with Gasteiger partial charge in [-0.3, -0.25) is 4.79 Å². The lowest BCUT2D eigenvalue weighted by Crippen LogP contribution is -2.29. The summed E-state index contributed by atoms with van der Waals surface area (Å²) in [5.41, 5.74) is 0. The number of likely N-dealkylation sites (tertiary alicyclic amines) is 1. The van der Waals surface area contributed by atoms with Crippen molar-refractivity contribution in [2.75, 3.05) is 18.8 Å². The minimum Gasteiger partial charge on any atom is -0.469 e. The van der Waals surface area contributed by atoms with Gasteiger partial charge in [-0.15, -0.1) is 11.8 Å². The fraction of sp³-hybridized carbons (Fsp3) is 0.389. The van der Waals surface area contributed by atoms with Gasteiger partial charge < -0.3 is 9.32 Å². The fourth-order valence-corrected chi connectivity index (χ4v) is 3.82. The number of thioether (sulfide) groups is 1. The Morgan fingerprint density at radius 2 is 2.09 bits per heavy atom. The molecule has 1 aliphatic heterocycles. The highest BCUT2D eigenvalue weighted by atomic mass is 32.2. The molecule has 2 aromatic rings. The Kier molecular flexibility index (Phi) is 5.22. The molecule has 0 spiro atoms. The highest BCUT2D eigenvalue weighted by molar-refractivity contribution is 7.99. The predicted octanol–water partition coefficient (Wildman–Crippen LogP) is 3.85. The van der Waals surface area contributed by atoms with Crippen molar-refractivity contribution in [3.8, 4) is 0 Å². The van der Waals surface area contributed by atoms with Crippen LogP contribution in [0, 0.1) is 5.92 Å². The average Bonchev–Trinajstić information content (AvgIpc) is 3.23. The molecule has 1 amide bonds. The number of hydrogen-bond donors (Lipinski definition) is 0. The monoisotopic (exact) mass is 315 g/mol. The summed E-state index contributed by atoms with van der Waals surface area (Å²) in [5.74, 6) is 2.84. The number of furan rings is 1. The van der Waals surface area contributed by atoms with E-state index in [1.807, 2.05) is 34.9 Å². The fourth-order valence-electron chi connectivity index (χ4n) is 2.77. The summed E-state index contributed by atoms with van der Waals surface area (Å²) in [7, 11) is 0. The Morgan fingerprint density at radius 1 is 1.23 bits per heavy atom. The van der Waals surface area contributed by atoms with Crippen LogP contribution < -0.4 is 0 Å². The van der Waals surface area contributed by atoms with Crippen molar-refractivity contribution in [2.45, 2.75) is 24.2 Å². The summed E-state index contributed by atoms with van der Waals surface area (Å²) in [6, 6.07) is 14.3. The first-order valence-corrected chi connectivity index (χ1v) is 8.78. The second-order valence-electron chi connectivity index (χ2n) is 5.70. The van der Waals surface area contributed by atoms with Crippen LogP contribution in [0.1, 0.15) is 18.6 Å². The van der Waals surface area contributed by atoms with Crippen LogP contribution in [-0.2, 0) is 11.2 Å². The first kappa shape index (κ1) is 15.2. The van der Waals surface area contributed by atoms with E-state index in [4.69, 9.17) is 4.42 Å². The third kappa shape index (κ3) is 4.17. The molecule has 1 aromatic heterocycles. The third-order valence-corrected chi connectivity index (χ3v) is 5.28. The Balaban J connectivity index is 1.40. The summed E-state index contributed by atoms with van der Waals surface area (Å²) in [4.78, 5) is 15.6. The minimum atomic E-state index is 0.253. The number of nitrogens with zero attached hydrogens (tertiary/aromatic N) is 1. The average molecular weight is 315 g/mol. The topological polar surface area (TPSA) is 33.5 Å². The van der Waals surface area contributed by atoms with Crippen molar-refractivity contribution in [3.05, 3.63) is 54.5 Å². The van der Waals surface area contributed by atoms with Gasteiger partial charge in [0.15, 0.2) is 0 Å². The van der Waals surface area contributed by atoms with E-state index in [1.54, 1.807) is 6.26 Å². The van der Waals surface area contributed by atoms with Gasteiger partial charge in [0.1, 0.15) is 5.76 Å². The van der Waals surface area contributed by atoms with Crippen molar-refractivity contribution in [3.63, 3.8) is 0 Å². The van der Waals surface area contributed by atoms with Crippen LogP contribution in [0.25, 0.3) is 0 Å². The number of carbonyl (C=O) groups is 1. The van der Waals surface area contributed by atoms with Crippen LogP contribution in [-0.4, -0.2) is 29.6 Å². The molecule has 22 heavy (non-hydrogen) atoms. The number of benzene rings is 1. The Bertz CT molecular complexity index is 582. The molecule has 1 aliphatic rings. The van der Waals surface area contributed by atoms with E-state index in [0.717, 1.165) is 31.0 Å². The van der Waals surface area contributed by atoms with E-state index in [9.17, 15) is 4.79 Å². The number of rotatable bonds is 6. The van der Waals surface area contributed by atoms with Gasteiger partial charge in [0.2, 0.25) is 5.91 Å². The van der Waals surface area contributed by atoms with Crippen molar-refractivity contribution >= 4 is 17.7 Å². The van der Waals surface area contributed by atoms with Gasteiger partial charge in [0, 0.05) is 36.6 Å². The first-order valence-electron chi connectivity index (χ1n) is 7.79. The summed E-state index contributed by atoms with van der Waals surface area (Å²) in [6.07, 6.45) is 4.02. The zero-order valence-electron chi connectivity index (χ0n) is 12.6. The maximum Gasteiger partial charge on any atom is 0.223 e. The van der Waals surface area contributed by atoms with E-state index < -0.39 is 0 Å². The quantitative estimate of drug-likeness (QED) is 0.759. The van der Waals surface area contributed by atoms with Crippen LogP contribution in [0.15, 0.2) is 58.0 Å². The molecule has 2 heterocycles. The largest absolute Gasteiger partial charge is 0.469 e. The zero-order valence-corrected chi connectivity index (χ0v) is 13.4. The standard InChI is InChI=1S/C18H21NO2S/c20-18(9-8-16-5-4-12-21-16)19-11-10-15(13-19)14-22-17-6-2-1-3-7-17/h1-7,12,15H,8-11,13-14H2. The zero-order chi connectivity index (χ0) is 15.2. The van der Waals surface area contributed by atoms with E-state index in [2.05, 4.69) is 24.3 Å². The lowest BCUT2D eigenvalue weighted by Gasteiger charge is -2.16. The van der Waals surface area contributed by atoms with E-state index in [0.29, 0.717) is 18.8 Å². The van der Waals surface area contributed by atoms with Gasteiger partial charge in [0.25, 0.3) is 0 Å². The van der Waals surface area contributed by atoms with Gasteiger partial charge in [-0.2, -0.15) is 0 Å². The van der Waals surface area contributed by atoms with Crippen molar-refractivity contribution in [1.82, 2.24) is 4.90 Å². The second kappa shape index (κ2) is 7.54. The number of amides is 1. The number of hydrogen-bond acceptors (Lipinski definition) is 3. The molecule has 3 rings (SSSR count). The van der Waals surface area contributed by atoms with E-state index in [1.165, 1.54) is 4.90 Å². The van der Waals surface area contributed by atoms with Gasteiger partial charge in [-0.1, -0.05) is 18.2 Å². The molecule has 1 saturated heterocycles. The van der Waals surface area contributed by atoms with Crippen LogP contribution >= 0.6 is 11.8 Å². The summed E-state index contributed by atoms with van der Waals surface area (Å²) >= 11 is 1.89. The van der Waals surface area contributed by atoms with E-state index >= 15 is 0 Å². The molecule has 0 N–H and O–H groups in total. The molecule has 4 heteroatoms. The van der Waals surface area contributed by atoms with Crippen molar-refractivity contribution in [2.24, 2.45) is 5.92 Å². The summed E-state index contributed by atoms with van der Waals surface area (Å²) in [6.45, 7) is 1.80. The molecule has 1 unspecified atom stereocenters. The lowest BCUT2D eigenvalue weighted by molar-refractivity contribution is -0.130. The molecule has 0 saturated carbocycles. The first-order chi connectivity index (χ1) is 10.8. The molecule has 0 bridgehead atoms. The third-order valence-electron chi connectivity index (χ3n) is 4.03. The Hall–Kier alpha value is -1.68. The van der Waals surface area contributed by atoms with Crippen LogP contribution in [0.2, 0.25) is 0 Å². The van der Waals surface area contributed by atoms with Gasteiger partial charge in [0.05, 0.1) is 6.26 Å². The summed E-state index contributed by atoms with van der Waals surface area (Å²) < 4.78 is 5.28. The lowest BCUT2D eigenvalue weighted by atomic mass is 10.2. The normalized spacial score (nSPS) is 17.8. The maximum atomic E-state index is 12.2. The second-order valence-corrected chi connectivity index (χ2v) is 6.79. The maximum absolute atomic E-state index is 12.2. The van der Waals surface area contributed by atoms with E-state index in [-0.39, 0.29) is 5.91 Å². The highest BCUT2D eigenvalue weighted by Crippen LogP contribution is 2.26. The minimum absolute atomic E-state index is 0.253. The molecule has 1 fully saturated rings. The summed E-state index contributed by atoms with van der Waals surface area (Å²) in [5, 5.41) is 0.